The van der Waals surface area contributed by atoms with Gasteiger partial charge in [0.1, 0.15) is 0 Å². The van der Waals surface area contributed by atoms with E-state index in [1.165, 1.54) is 0 Å². The quantitative estimate of drug-likeness (QED) is 0.601. The number of ether oxygens (including phenoxy) is 1. The van der Waals surface area contributed by atoms with E-state index in [4.69, 9.17) is 4.74 Å². The van der Waals surface area contributed by atoms with Crippen LogP contribution in [0.2, 0.25) is 0 Å². The van der Waals surface area contributed by atoms with Crippen LogP contribution in [0.15, 0.2) is 0 Å². The van der Waals surface area contributed by atoms with E-state index in [0.29, 0.717) is 12.5 Å². The molecule has 1 rings (SSSR count). The van der Waals surface area contributed by atoms with Crippen LogP contribution in [0.5, 0.6) is 0 Å². The summed E-state index contributed by atoms with van der Waals surface area (Å²) >= 11 is 0. The lowest BCUT2D eigenvalue weighted by Crippen LogP contribution is -2.54. The van der Waals surface area contributed by atoms with Gasteiger partial charge in [0.15, 0.2) is 0 Å². The molecule has 0 aromatic heterocycles. The highest BCUT2D eigenvalue weighted by atomic mass is 16.5. The third kappa shape index (κ3) is 1.93. The van der Waals surface area contributed by atoms with Crippen molar-refractivity contribution in [2.45, 2.75) is 26.4 Å². The van der Waals surface area contributed by atoms with E-state index in [0.717, 1.165) is 19.7 Å². The first-order valence-corrected chi connectivity index (χ1v) is 4.17. The van der Waals surface area contributed by atoms with E-state index in [1.807, 2.05) is 18.7 Å². The van der Waals surface area contributed by atoms with Crippen molar-refractivity contribution in [1.29, 1.82) is 0 Å². The molecule has 0 saturated carbocycles. The molecule has 1 amide bonds. The highest BCUT2D eigenvalue weighted by Crippen LogP contribution is 2.12. The van der Waals surface area contributed by atoms with Crippen LogP contribution in [-0.4, -0.2) is 36.6 Å². The summed E-state index contributed by atoms with van der Waals surface area (Å²) in [4.78, 5) is 12.8. The van der Waals surface area contributed by atoms with E-state index in [9.17, 15) is 4.79 Å². The first-order valence-electron chi connectivity index (χ1n) is 4.17. The van der Waals surface area contributed by atoms with Crippen molar-refractivity contribution in [3.8, 4) is 0 Å². The molecule has 1 aliphatic heterocycles. The molecule has 0 N–H and O–H groups in total. The van der Waals surface area contributed by atoms with Gasteiger partial charge in [-0.15, -0.1) is 0 Å². The summed E-state index contributed by atoms with van der Waals surface area (Å²) in [7, 11) is 0. The molecule has 64 valence electrons. The van der Waals surface area contributed by atoms with E-state index >= 15 is 0 Å². The van der Waals surface area contributed by atoms with Gasteiger partial charge in [-0.2, -0.15) is 0 Å². The second-order valence-corrected chi connectivity index (χ2v) is 2.73. The third-order valence-electron chi connectivity index (χ3n) is 1.91. The number of likely N-dealkylation sites (tertiary alicyclic amines) is 1. The molecule has 0 aliphatic carbocycles. The van der Waals surface area contributed by atoms with Gasteiger partial charge in [0, 0.05) is 26.1 Å². The molecule has 1 fully saturated rings. The summed E-state index contributed by atoms with van der Waals surface area (Å²) in [5.74, 6) is 0.237. The van der Waals surface area contributed by atoms with Crippen molar-refractivity contribution in [3.63, 3.8) is 0 Å². The predicted molar refractivity (Wildman–Crippen MR) is 42.3 cm³/mol. The van der Waals surface area contributed by atoms with Crippen LogP contribution in [0.4, 0.5) is 0 Å². The van der Waals surface area contributed by atoms with Crippen LogP contribution in [-0.2, 0) is 9.53 Å². The fourth-order valence-corrected chi connectivity index (χ4v) is 1.21. The molecule has 3 nitrogen and oxygen atoms in total. The Kier molecular flexibility index (Phi) is 2.88. The lowest BCUT2D eigenvalue weighted by atomic mass is 10.1. The molecule has 3 heteroatoms. The first-order chi connectivity index (χ1) is 5.27. The van der Waals surface area contributed by atoms with Gasteiger partial charge in [-0.05, 0) is 6.92 Å². The van der Waals surface area contributed by atoms with Crippen LogP contribution in [0, 0.1) is 0 Å². The van der Waals surface area contributed by atoms with Crippen molar-refractivity contribution in [2.24, 2.45) is 0 Å². The summed E-state index contributed by atoms with van der Waals surface area (Å²) in [6.07, 6.45) is 0.911. The number of carbonyl (C=O) groups excluding carboxylic acids is 1. The normalized spacial score (nSPS) is 18.2. The Balaban J connectivity index is 2.13. The first kappa shape index (κ1) is 8.53. The monoisotopic (exact) mass is 157 g/mol. The van der Waals surface area contributed by atoms with Gasteiger partial charge in [-0.3, -0.25) is 4.79 Å². The van der Waals surface area contributed by atoms with Crippen molar-refractivity contribution in [3.05, 3.63) is 0 Å². The van der Waals surface area contributed by atoms with Gasteiger partial charge in [0.2, 0.25) is 5.91 Å². The van der Waals surface area contributed by atoms with Crippen molar-refractivity contribution in [1.82, 2.24) is 4.90 Å². The minimum atomic E-state index is 0.237. The van der Waals surface area contributed by atoms with Crippen LogP contribution in [0.1, 0.15) is 20.3 Å². The van der Waals surface area contributed by atoms with E-state index in [-0.39, 0.29) is 5.91 Å². The highest BCUT2D eigenvalue weighted by Gasteiger charge is 2.29. The molecular weight excluding hydrogens is 142 g/mol. The molecule has 0 aromatic carbocycles. The minimum Gasteiger partial charge on any atom is -0.375 e. The standard InChI is InChI=1S/C8H15NO2/c1-3-8(10)9-5-7(6-9)11-4-2/h7H,3-6H2,1-2H3. The van der Waals surface area contributed by atoms with Crippen LogP contribution < -0.4 is 0 Å². The third-order valence-corrected chi connectivity index (χ3v) is 1.91. The van der Waals surface area contributed by atoms with Gasteiger partial charge in [0.25, 0.3) is 0 Å². The minimum absolute atomic E-state index is 0.237. The van der Waals surface area contributed by atoms with Gasteiger partial charge >= 0.3 is 0 Å². The molecule has 0 radical (unpaired) electrons. The maximum absolute atomic E-state index is 11.0. The molecule has 0 atom stereocenters. The van der Waals surface area contributed by atoms with Crippen molar-refractivity contribution in [2.75, 3.05) is 19.7 Å². The topological polar surface area (TPSA) is 29.5 Å². The summed E-state index contributed by atoms with van der Waals surface area (Å²) in [6, 6.07) is 0. The fourth-order valence-electron chi connectivity index (χ4n) is 1.21. The number of nitrogens with zero attached hydrogens (tertiary/aromatic N) is 1. The zero-order chi connectivity index (χ0) is 8.27. The Morgan fingerprint density at radius 1 is 1.55 bits per heavy atom. The summed E-state index contributed by atoms with van der Waals surface area (Å²) in [5.41, 5.74) is 0. The van der Waals surface area contributed by atoms with Gasteiger partial charge < -0.3 is 9.64 Å². The highest BCUT2D eigenvalue weighted by molar-refractivity contribution is 5.76. The van der Waals surface area contributed by atoms with E-state index in [2.05, 4.69) is 0 Å². The molecule has 0 spiro atoms. The lowest BCUT2D eigenvalue weighted by molar-refractivity contribution is -0.144. The Bertz CT molecular complexity index is 141. The summed E-state index contributed by atoms with van der Waals surface area (Å²) < 4.78 is 5.31. The summed E-state index contributed by atoms with van der Waals surface area (Å²) in [6.45, 7) is 6.19. The summed E-state index contributed by atoms with van der Waals surface area (Å²) in [5, 5.41) is 0. The number of amides is 1. The van der Waals surface area contributed by atoms with E-state index < -0.39 is 0 Å². The average molecular weight is 157 g/mol. The Morgan fingerprint density at radius 3 is 2.64 bits per heavy atom. The second-order valence-electron chi connectivity index (χ2n) is 2.73. The van der Waals surface area contributed by atoms with Gasteiger partial charge in [-0.1, -0.05) is 6.92 Å². The second kappa shape index (κ2) is 3.72. The number of rotatable bonds is 3. The molecule has 0 unspecified atom stereocenters. The van der Waals surface area contributed by atoms with Crippen LogP contribution in [0.3, 0.4) is 0 Å². The SMILES string of the molecule is CCOC1CN(C(=O)CC)C1. The molecule has 0 bridgehead atoms. The molecule has 1 saturated heterocycles. The largest absolute Gasteiger partial charge is 0.375 e. The number of carbonyl (C=O) groups is 1. The van der Waals surface area contributed by atoms with Crippen LogP contribution >= 0.6 is 0 Å². The van der Waals surface area contributed by atoms with Gasteiger partial charge in [0.05, 0.1) is 6.10 Å². The smallest absolute Gasteiger partial charge is 0.222 e. The molecule has 1 heterocycles. The Morgan fingerprint density at radius 2 is 2.18 bits per heavy atom. The fraction of sp³-hybridized carbons (Fsp3) is 0.875. The Labute approximate surface area is 67.3 Å². The molecule has 11 heavy (non-hydrogen) atoms. The van der Waals surface area contributed by atoms with E-state index in [1.54, 1.807) is 0 Å². The number of hydrogen-bond acceptors (Lipinski definition) is 2. The number of hydrogen-bond donors (Lipinski definition) is 0. The lowest BCUT2D eigenvalue weighted by Gasteiger charge is -2.38. The predicted octanol–water partition coefficient (Wildman–Crippen LogP) is 0.644. The maximum atomic E-state index is 11.0. The zero-order valence-corrected chi connectivity index (χ0v) is 7.17. The Hall–Kier alpha value is -0.570. The van der Waals surface area contributed by atoms with Crippen molar-refractivity contribution < 1.29 is 9.53 Å². The molecular formula is C8H15NO2. The van der Waals surface area contributed by atoms with Gasteiger partial charge in [-0.25, -0.2) is 0 Å². The van der Waals surface area contributed by atoms with Crippen LogP contribution in [0.25, 0.3) is 0 Å². The van der Waals surface area contributed by atoms with Crippen molar-refractivity contribution >= 4 is 5.91 Å². The molecule has 0 aromatic rings. The average Bonchev–Trinajstić information content (AvgIpc) is 1.94. The maximum Gasteiger partial charge on any atom is 0.222 e. The molecule has 1 aliphatic rings. The zero-order valence-electron chi connectivity index (χ0n) is 7.17.